The fraction of sp³-hybridized carbons (Fsp3) is 0.500. The van der Waals surface area contributed by atoms with Crippen LogP contribution >= 0.6 is 0 Å². The summed E-state index contributed by atoms with van der Waals surface area (Å²) in [5, 5.41) is 9.02. The molecular formula is C16H21NO3. The fourth-order valence-corrected chi connectivity index (χ4v) is 2.98. The lowest BCUT2D eigenvalue weighted by atomic mass is 10.0. The average Bonchev–Trinajstić information content (AvgIpc) is 2.85. The molecule has 1 saturated carbocycles. The summed E-state index contributed by atoms with van der Waals surface area (Å²) in [6, 6.07) is 6.03. The average molecular weight is 275 g/mol. The Morgan fingerprint density at radius 2 is 1.65 bits per heavy atom. The van der Waals surface area contributed by atoms with Gasteiger partial charge in [-0.1, -0.05) is 6.07 Å². The molecule has 2 atom stereocenters. The minimum atomic E-state index is -0.783. The lowest BCUT2D eigenvalue weighted by Gasteiger charge is -2.22. The number of carboxylic acid groups (broad SMARTS) is 1. The molecule has 0 heterocycles. The Morgan fingerprint density at radius 1 is 1.10 bits per heavy atom. The number of carbonyl (C=O) groups excluding carboxylic acids is 1. The van der Waals surface area contributed by atoms with Gasteiger partial charge in [-0.2, -0.15) is 0 Å². The second-order valence-electron chi connectivity index (χ2n) is 5.79. The maximum absolute atomic E-state index is 12.5. The zero-order valence-electron chi connectivity index (χ0n) is 12.2. The highest BCUT2D eigenvalue weighted by molar-refractivity contribution is 5.95. The molecule has 1 aliphatic carbocycles. The van der Waals surface area contributed by atoms with E-state index in [0.717, 1.165) is 16.8 Å². The monoisotopic (exact) mass is 275 g/mol. The van der Waals surface area contributed by atoms with Crippen molar-refractivity contribution in [1.29, 1.82) is 0 Å². The number of carbonyl (C=O) groups is 2. The molecule has 4 heteroatoms. The third kappa shape index (κ3) is 3.00. The van der Waals surface area contributed by atoms with Gasteiger partial charge in [0.25, 0.3) is 0 Å². The summed E-state index contributed by atoms with van der Waals surface area (Å²) in [5.41, 5.74) is 3.12. The molecule has 4 nitrogen and oxygen atoms in total. The molecule has 0 spiro atoms. The summed E-state index contributed by atoms with van der Waals surface area (Å²) in [7, 11) is 1.77. The third-order valence-electron chi connectivity index (χ3n) is 4.06. The summed E-state index contributed by atoms with van der Waals surface area (Å²) in [5.74, 6) is -1.29. The number of amides is 1. The second-order valence-corrected chi connectivity index (χ2v) is 5.79. The lowest BCUT2D eigenvalue weighted by molar-refractivity contribution is -0.141. The van der Waals surface area contributed by atoms with Gasteiger partial charge in [-0.3, -0.25) is 9.59 Å². The highest BCUT2D eigenvalue weighted by Gasteiger charge is 2.35. The number of benzene rings is 1. The van der Waals surface area contributed by atoms with Crippen LogP contribution in [0, 0.1) is 25.7 Å². The Kier molecular flexibility index (Phi) is 4.12. The van der Waals surface area contributed by atoms with Crippen LogP contribution in [0.3, 0.4) is 0 Å². The van der Waals surface area contributed by atoms with Gasteiger partial charge in [0.15, 0.2) is 0 Å². The molecule has 0 radical (unpaired) electrons. The molecule has 1 aromatic carbocycles. The van der Waals surface area contributed by atoms with Crippen molar-refractivity contribution < 1.29 is 14.7 Å². The summed E-state index contributed by atoms with van der Waals surface area (Å²) in [6.07, 6.45) is 1.74. The lowest BCUT2D eigenvalue weighted by Crippen LogP contribution is -2.32. The second kappa shape index (κ2) is 5.65. The molecule has 0 saturated heterocycles. The summed E-state index contributed by atoms with van der Waals surface area (Å²) >= 11 is 0. The van der Waals surface area contributed by atoms with Gasteiger partial charge in [-0.05, 0) is 56.4 Å². The third-order valence-corrected chi connectivity index (χ3v) is 4.06. The predicted molar refractivity (Wildman–Crippen MR) is 77.8 cm³/mol. The van der Waals surface area contributed by atoms with Crippen LogP contribution in [0.25, 0.3) is 0 Å². The van der Waals surface area contributed by atoms with Gasteiger partial charge in [0.05, 0.1) is 5.92 Å². The Labute approximate surface area is 119 Å². The zero-order chi connectivity index (χ0) is 14.9. The number of carboxylic acids is 1. The highest BCUT2D eigenvalue weighted by Crippen LogP contribution is 2.33. The molecule has 0 aliphatic heterocycles. The van der Waals surface area contributed by atoms with Crippen LogP contribution in [0.5, 0.6) is 0 Å². The number of hydrogen-bond acceptors (Lipinski definition) is 2. The number of anilines is 1. The van der Waals surface area contributed by atoms with Crippen molar-refractivity contribution in [3.05, 3.63) is 29.3 Å². The molecule has 1 aliphatic rings. The van der Waals surface area contributed by atoms with E-state index in [9.17, 15) is 9.59 Å². The minimum Gasteiger partial charge on any atom is -0.481 e. The van der Waals surface area contributed by atoms with Crippen LogP contribution < -0.4 is 4.90 Å². The Balaban J connectivity index is 2.11. The molecule has 0 bridgehead atoms. The van der Waals surface area contributed by atoms with E-state index >= 15 is 0 Å². The Morgan fingerprint density at radius 3 is 2.15 bits per heavy atom. The Bertz CT molecular complexity index is 518. The van der Waals surface area contributed by atoms with Crippen LogP contribution in [0.2, 0.25) is 0 Å². The number of aryl methyl sites for hydroxylation is 2. The maximum Gasteiger partial charge on any atom is 0.306 e. The molecule has 1 N–H and O–H groups in total. The molecule has 1 fully saturated rings. The van der Waals surface area contributed by atoms with E-state index in [4.69, 9.17) is 5.11 Å². The van der Waals surface area contributed by atoms with Crippen LogP contribution in [0.1, 0.15) is 30.4 Å². The first kappa shape index (κ1) is 14.6. The molecule has 0 aromatic heterocycles. The minimum absolute atomic E-state index is 0.0266. The van der Waals surface area contributed by atoms with Gasteiger partial charge in [0, 0.05) is 18.7 Å². The van der Waals surface area contributed by atoms with E-state index in [1.165, 1.54) is 0 Å². The number of nitrogens with zero attached hydrogens (tertiary/aromatic N) is 1. The first-order valence-electron chi connectivity index (χ1n) is 6.97. The van der Waals surface area contributed by atoms with Crippen LogP contribution in [-0.4, -0.2) is 24.0 Å². The summed E-state index contributed by atoms with van der Waals surface area (Å²) in [6.45, 7) is 4.01. The van der Waals surface area contributed by atoms with Crippen molar-refractivity contribution in [2.75, 3.05) is 11.9 Å². The van der Waals surface area contributed by atoms with E-state index in [1.807, 2.05) is 26.0 Å². The van der Waals surface area contributed by atoms with E-state index < -0.39 is 5.97 Å². The van der Waals surface area contributed by atoms with Crippen LogP contribution in [-0.2, 0) is 9.59 Å². The molecule has 2 rings (SSSR count). The summed E-state index contributed by atoms with van der Waals surface area (Å²) < 4.78 is 0. The predicted octanol–water partition coefficient (Wildman–Crippen LogP) is 2.77. The van der Waals surface area contributed by atoms with Crippen molar-refractivity contribution in [3.63, 3.8) is 0 Å². The quantitative estimate of drug-likeness (QED) is 0.922. The van der Waals surface area contributed by atoms with E-state index in [0.29, 0.717) is 19.3 Å². The van der Waals surface area contributed by atoms with Gasteiger partial charge >= 0.3 is 5.97 Å². The van der Waals surface area contributed by atoms with Gasteiger partial charge in [0.2, 0.25) is 5.91 Å². The maximum atomic E-state index is 12.5. The number of aliphatic carboxylic acids is 1. The first-order chi connectivity index (χ1) is 9.38. The summed E-state index contributed by atoms with van der Waals surface area (Å²) in [4.78, 5) is 25.1. The number of hydrogen-bond donors (Lipinski definition) is 1. The standard InChI is InChI=1S/C16H21NO3/c1-10-6-11(2)8-14(7-10)17(3)15(18)12-4-5-13(9-12)16(19)20/h6-8,12-13H,4-5,9H2,1-3H3,(H,19,20)/t12-,13+/m1/s1. The largest absolute Gasteiger partial charge is 0.481 e. The van der Waals surface area contributed by atoms with Gasteiger partial charge in [0.1, 0.15) is 0 Å². The SMILES string of the molecule is Cc1cc(C)cc(N(C)C(=O)[C@@H]2CC[C@H](C(=O)O)C2)c1. The van der Waals surface area contributed by atoms with Crippen molar-refractivity contribution in [2.24, 2.45) is 11.8 Å². The van der Waals surface area contributed by atoms with Crippen molar-refractivity contribution in [1.82, 2.24) is 0 Å². The van der Waals surface area contributed by atoms with Crippen LogP contribution in [0.15, 0.2) is 18.2 Å². The first-order valence-corrected chi connectivity index (χ1v) is 6.97. The van der Waals surface area contributed by atoms with Gasteiger partial charge < -0.3 is 10.0 Å². The molecule has 1 aromatic rings. The molecule has 0 unspecified atom stereocenters. The van der Waals surface area contributed by atoms with Crippen molar-refractivity contribution >= 4 is 17.6 Å². The molecule has 108 valence electrons. The number of rotatable bonds is 3. The van der Waals surface area contributed by atoms with Gasteiger partial charge in [-0.25, -0.2) is 0 Å². The Hall–Kier alpha value is -1.84. The van der Waals surface area contributed by atoms with Crippen LogP contribution in [0.4, 0.5) is 5.69 Å². The smallest absolute Gasteiger partial charge is 0.306 e. The van der Waals surface area contributed by atoms with Gasteiger partial charge in [-0.15, -0.1) is 0 Å². The molecular weight excluding hydrogens is 254 g/mol. The van der Waals surface area contributed by atoms with E-state index in [2.05, 4.69) is 6.07 Å². The normalized spacial score (nSPS) is 21.8. The molecule has 20 heavy (non-hydrogen) atoms. The highest BCUT2D eigenvalue weighted by atomic mass is 16.4. The zero-order valence-corrected chi connectivity index (χ0v) is 12.2. The fourth-order valence-electron chi connectivity index (χ4n) is 2.98. The van der Waals surface area contributed by atoms with E-state index in [-0.39, 0.29) is 17.7 Å². The van der Waals surface area contributed by atoms with Crippen molar-refractivity contribution in [3.8, 4) is 0 Å². The van der Waals surface area contributed by atoms with E-state index in [1.54, 1.807) is 11.9 Å². The molecule has 1 amide bonds. The topological polar surface area (TPSA) is 57.6 Å². The van der Waals surface area contributed by atoms with Crippen molar-refractivity contribution in [2.45, 2.75) is 33.1 Å².